The molecular weight excluding hydrogens is 224 g/mol. The van der Waals surface area contributed by atoms with Gasteiger partial charge >= 0.3 is 0 Å². The van der Waals surface area contributed by atoms with Crippen LogP contribution in [0.3, 0.4) is 0 Å². The van der Waals surface area contributed by atoms with Gasteiger partial charge in [-0.2, -0.15) is 0 Å². The molecule has 0 aromatic rings. The van der Waals surface area contributed by atoms with E-state index in [-0.39, 0.29) is 17.9 Å². The zero-order valence-electron chi connectivity index (χ0n) is 11.9. The molecule has 2 fully saturated rings. The quantitative estimate of drug-likeness (QED) is 0.810. The highest BCUT2D eigenvalue weighted by Gasteiger charge is 2.34. The van der Waals surface area contributed by atoms with Crippen LogP contribution in [0, 0.1) is 17.3 Å². The van der Waals surface area contributed by atoms with Gasteiger partial charge in [-0.05, 0) is 37.0 Å². The molecule has 0 bridgehead atoms. The molecule has 0 spiro atoms. The molecule has 3 nitrogen and oxygen atoms in total. The molecule has 104 valence electrons. The molecule has 0 radical (unpaired) electrons. The first-order chi connectivity index (χ1) is 8.52. The summed E-state index contributed by atoms with van der Waals surface area (Å²) in [6, 6.07) is 0.0511. The van der Waals surface area contributed by atoms with Crippen molar-refractivity contribution < 1.29 is 4.79 Å². The van der Waals surface area contributed by atoms with Gasteiger partial charge in [0, 0.05) is 12.6 Å². The summed E-state index contributed by atoms with van der Waals surface area (Å²) in [6.07, 6.45) is 8.40. The maximum Gasteiger partial charge on any atom is 0.224 e. The number of carbonyl (C=O) groups excluding carboxylic acids is 1. The summed E-state index contributed by atoms with van der Waals surface area (Å²) < 4.78 is 0. The fraction of sp³-hybridized carbons (Fsp3) is 0.933. The molecule has 2 aliphatic carbocycles. The van der Waals surface area contributed by atoms with Crippen LogP contribution in [0.25, 0.3) is 0 Å². The number of rotatable bonds is 3. The Bertz CT molecular complexity index is 297. The van der Waals surface area contributed by atoms with Crippen molar-refractivity contribution in [2.75, 3.05) is 6.54 Å². The molecule has 1 amide bonds. The Morgan fingerprint density at radius 1 is 1.28 bits per heavy atom. The van der Waals surface area contributed by atoms with Gasteiger partial charge in [0.1, 0.15) is 0 Å². The Balaban J connectivity index is 1.83. The zero-order valence-corrected chi connectivity index (χ0v) is 11.9. The lowest BCUT2D eigenvalue weighted by atomic mass is 9.77. The highest BCUT2D eigenvalue weighted by molar-refractivity contribution is 5.79. The first kappa shape index (κ1) is 13.9. The van der Waals surface area contributed by atoms with Crippen LogP contribution in [-0.4, -0.2) is 18.5 Å². The van der Waals surface area contributed by atoms with E-state index in [0.29, 0.717) is 11.3 Å². The summed E-state index contributed by atoms with van der Waals surface area (Å²) in [5.41, 5.74) is 6.51. The van der Waals surface area contributed by atoms with Crippen LogP contribution in [0.15, 0.2) is 0 Å². The molecule has 0 heterocycles. The summed E-state index contributed by atoms with van der Waals surface area (Å²) in [5, 5.41) is 3.17. The fourth-order valence-electron chi connectivity index (χ4n) is 3.58. The molecule has 0 aromatic heterocycles. The van der Waals surface area contributed by atoms with Crippen molar-refractivity contribution in [3.63, 3.8) is 0 Å². The van der Waals surface area contributed by atoms with Crippen molar-refractivity contribution in [1.29, 1.82) is 0 Å². The van der Waals surface area contributed by atoms with E-state index in [0.717, 1.165) is 19.4 Å². The minimum Gasteiger partial charge on any atom is -0.355 e. The first-order valence-corrected chi connectivity index (χ1v) is 7.55. The minimum absolute atomic E-state index is 0.0405. The number of nitrogens with two attached hydrogens (primary N) is 1. The molecule has 2 aliphatic rings. The van der Waals surface area contributed by atoms with Gasteiger partial charge in [-0.25, -0.2) is 0 Å². The molecule has 0 aliphatic heterocycles. The van der Waals surface area contributed by atoms with Gasteiger partial charge in [-0.15, -0.1) is 0 Å². The minimum atomic E-state index is 0.0405. The lowest BCUT2D eigenvalue weighted by molar-refractivity contribution is -0.127. The van der Waals surface area contributed by atoms with Gasteiger partial charge < -0.3 is 11.1 Å². The van der Waals surface area contributed by atoms with Gasteiger partial charge in [-0.3, -0.25) is 4.79 Å². The standard InChI is InChI=1S/C15H28N2O/c1-11-6-5-7-12(13(11)16)14(18)17-10-15(2)8-3-4-9-15/h11-13H,3-10,16H2,1-2H3,(H,17,18). The fourth-order valence-corrected chi connectivity index (χ4v) is 3.58. The van der Waals surface area contributed by atoms with E-state index in [2.05, 4.69) is 19.2 Å². The van der Waals surface area contributed by atoms with Crippen LogP contribution in [0.2, 0.25) is 0 Å². The smallest absolute Gasteiger partial charge is 0.224 e. The normalized spacial score (nSPS) is 35.4. The molecule has 3 atom stereocenters. The van der Waals surface area contributed by atoms with Gasteiger partial charge in [-0.1, -0.05) is 33.1 Å². The third kappa shape index (κ3) is 3.05. The molecule has 0 saturated heterocycles. The SMILES string of the molecule is CC1CCCC(C(=O)NCC2(C)CCCC2)C1N. The lowest BCUT2D eigenvalue weighted by Gasteiger charge is -2.34. The van der Waals surface area contributed by atoms with Crippen molar-refractivity contribution in [3.05, 3.63) is 0 Å². The third-order valence-corrected chi connectivity index (χ3v) is 5.13. The van der Waals surface area contributed by atoms with Crippen LogP contribution < -0.4 is 11.1 Å². The third-order valence-electron chi connectivity index (χ3n) is 5.13. The Hall–Kier alpha value is -0.570. The van der Waals surface area contributed by atoms with E-state index in [9.17, 15) is 4.79 Å². The van der Waals surface area contributed by atoms with Crippen LogP contribution in [0.5, 0.6) is 0 Å². The van der Waals surface area contributed by atoms with Crippen molar-refractivity contribution in [3.8, 4) is 0 Å². The molecular formula is C15H28N2O. The summed E-state index contributed by atoms with van der Waals surface area (Å²) in [5.74, 6) is 0.720. The topological polar surface area (TPSA) is 55.1 Å². The van der Waals surface area contributed by atoms with Crippen molar-refractivity contribution in [1.82, 2.24) is 5.32 Å². The Labute approximate surface area is 111 Å². The molecule has 3 heteroatoms. The predicted octanol–water partition coefficient (Wildman–Crippen LogP) is 2.45. The number of nitrogens with one attached hydrogen (secondary N) is 1. The Kier molecular flexibility index (Phi) is 4.31. The average Bonchev–Trinajstić information content (AvgIpc) is 2.77. The van der Waals surface area contributed by atoms with E-state index in [1.165, 1.54) is 32.1 Å². The van der Waals surface area contributed by atoms with E-state index in [4.69, 9.17) is 5.73 Å². The van der Waals surface area contributed by atoms with Crippen LogP contribution in [0.1, 0.15) is 58.8 Å². The average molecular weight is 252 g/mol. The molecule has 3 N–H and O–H groups in total. The van der Waals surface area contributed by atoms with Crippen molar-refractivity contribution in [2.24, 2.45) is 23.0 Å². The van der Waals surface area contributed by atoms with E-state index in [1.54, 1.807) is 0 Å². The second-order valence-electron chi connectivity index (χ2n) is 6.83. The summed E-state index contributed by atoms with van der Waals surface area (Å²) in [4.78, 5) is 12.3. The predicted molar refractivity (Wildman–Crippen MR) is 74.1 cm³/mol. The molecule has 18 heavy (non-hydrogen) atoms. The van der Waals surface area contributed by atoms with E-state index < -0.39 is 0 Å². The van der Waals surface area contributed by atoms with Crippen LogP contribution in [0.4, 0.5) is 0 Å². The second kappa shape index (κ2) is 5.60. The van der Waals surface area contributed by atoms with E-state index >= 15 is 0 Å². The highest BCUT2D eigenvalue weighted by Crippen LogP contribution is 2.37. The number of hydrogen-bond donors (Lipinski definition) is 2. The number of carbonyl (C=O) groups is 1. The lowest BCUT2D eigenvalue weighted by Crippen LogP contribution is -2.48. The number of hydrogen-bond acceptors (Lipinski definition) is 2. The van der Waals surface area contributed by atoms with E-state index in [1.807, 2.05) is 0 Å². The zero-order chi connectivity index (χ0) is 13.2. The Morgan fingerprint density at radius 3 is 2.61 bits per heavy atom. The molecule has 2 rings (SSSR count). The monoisotopic (exact) mass is 252 g/mol. The first-order valence-electron chi connectivity index (χ1n) is 7.55. The van der Waals surface area contributed by atoms with Crippen LogP contribution in [-0.2, 0) is 4.79 Å². The summed E-state index contributed by atoms with van der Waals surface area (Å²) >= 11 is 0. The van der Waals surface area contributed by atoms with Gasteiger partial charge in [0.2, 0.25) is 5.91 Å². The summed E-state index contributed by atoms with van der Waals surface area (Å²) in [7, 11) is 0. The molecule has 2 saturated carbocycles. The maximum absolute atomic E-state index is 12.3. The van der Waals surface area contributed by atoms with Gasteiger partial charge in [0.05, 0.1) is 5.92 Å². The molecule has 0 aromatic carbocycles. The van der Waals surface area contributed by atoms with Crippen molar-refractivity contribution >= 4 is 5.91 Å². The Morgan fingerprint density at radius 2 is 1.94 bits per heavy atom. The number of amides is 1. The molecule has 3 unspecified atom stereocenters. The van der Waals surface area contributed by atoms with Gasteiger partial charge in [0.15, 0.2) is 0 Å². The largest absolute Gasteiger partial charge is 0.355 e. The second-order valence-corrected chi connectivity index (χ2v) is 6.83. The summed E-state index contributed by atoms with van der Waals surface area (Å²) in [6.45, 7) is 5.30. The van der Waals surface area contributed by atoms with Crippen LogP contribution >= 0.6 is 0 Å². The van der Waals surface area contributed by atoms with Gasteiger partial charge in [0.25, 0.3) is 0 Å². The van der Waals surface area contributed by atoms with Crippen molar-refractivity contribution in [2.45, 2.75) is 64.8 Å². The highest BCUT2D eigenvalue weighted by atomic mass is 16.1. The maximum atomic E-state index is 12.3.